The van der Waals surface area contributed by atoms with Crippen molar-refractivity contribution in [2.24, 2.45) is 0 Å². The first-order valence-electron chi connectivity index (χ1n) is 33.0. The van der Waals surface area contributed by atoms with E-state index in [1.165, 1.54) is 231 Å². The number of halogens is 4. The van der Waals surface area contributed by atoms with E-state index in [-0.39, 0.29) is 56.7 Å². The highest BCUT2D eigenvalue weighted by molar-refractivity contribution is 9.20. The molecule has 0 heterocycles. The van der Waals surface area contributed by atoms with E-state index in [2.05, 4.69) is 86.1 Å². The van der Waals surface area contributed by atoms with Crippen LogP contribution in [0.3, 0.4) is 0 Å². The molecule has 4 unspecified atom stereocenters. The van der Waals surface area contributed by atoms with Crippen molar-refractivity contribution in [3.05, 3.63) is 0 Å². The maximum absolute atomic E-state index is 11.7. The number of hydrogen-bond acceptors (Lipinski definition) is 10. The average Bonchev–Trinajstić information content (AvgIpc) is 3.40. The van der Waals surface area contributed by atoms with Crippen molar-refractivity contribution in [1.82, 2.24) is 10.6 Å². The second kappa shape index (κ2) is 76.7. The minimum absolute atomic E-state index is 0. The van der Waals surface area contributed by atoms with Crippen LogP contribution < -0.4 is 10.6 Å². The molecule has 0 aliphatic rings. The van der Waals surface area contributed by atoms with Crippen LogP contribution in [0.25, 0.3) is 0 Å². The van der Waals surface area contributed by atoms with Crippen LogP contribution in [-0.2, 0) is 33.4 Å². The van der Waals surface area contributed by atoms with Gasteiger partial charge < -0.3 is 30.0 Å². The van der Waals surface area contributed by atoms with E-state index in [1.807, 2.05) is 41.5 Å². The van der Waals surface area contributed by atoms with E-state index in [4.69, 9.17) is 19.3 Å². The number of rotatable bonds is 51. The number of nitrogens with one attached hydrogen (secondary N) is 2. The molecule has 0 aromatic heterocycles. The Morgan fingerprint density at radius 1 is 0.338 bits per heavy atom. The van der Waals surface area contributed by atoms with Crippen molar-refractivity contribution < 1.29 is 38.5 Å². The lowest BCUT2D eigenvalue weighted by Crippen LogP contribution is -2.39. The molecule has 10 nitrogen and oxygen atoms in total. The second-order valence-corrected chi connectivity index (χ2v) is 26.1. The molecule has 0 aliphatic carbocycles. The molecule has 0 radical (unpaired) electrons. The zero-order valence-corrected chi connectivity index (χ0v) is 60.0. The average molecular weight is 1360 g/mol. The van der Waals surface area contributed by atoms with E-state index in [9.17, 15) is 19.2 Å². The fourth-order valence-electron chi connectivity index (χ4n) is 8.39. The van der Waals surface area contributed by atoms with Gasteiger partial charge in [0.05, 0.1) is 24.6 Å². The van der Waals surface area contributed by atoms with Crippen LogP contribution in [0.2, 0.25) is 0 Å². The predicted molar refractivity (Wildman–Crippen MR) is 361 cm³/mol. The standard InChI is InChI=1S/2C18H37NO2.C15H29BrO2.C12H26O.C3H4Br2O.ClH/c2*1-5-6-7-8-9-10-11-12-13-14-15-21-18(20)17(4)19-16(2)3;1-3-4-5-6-7-8-9-10-11-12-13-18-15(17)14(2)16;1-2-3-4-5-6-7-8-9-10-11-12-13;1-2(4)3(5)6;/h2*16-17,19H,5-15H2,1-4H3;14H,3-13H2,1-2H3;13H,2-12H2,1H3;2H,1H3;1H. The van der Waals surface area contributed by atoms with Crippen molar-refractivity contribution in [1.29, 1.82) is 0 Å². The summed E-state index contributed by atoms with van der Waals surface area (Å²) >= 11 is 8.99. The first-order valence-corrected chi connectivity index (χ1v) is 35.6. The summed E-state index contributed by atoms with van der Waals surface area (Å²) in [6.45, 7) is 26.5. The van der Waals surface area contributed by atoms with E-state index >= 15 is 0 Å². The molecule has 0 rings (SSSR count). The van der Waals surface area contributed by atoms with E-state index in [0.29, 0.717) is 38.5 Å². The lowest BCUT2D eigenvalue weighted by molar-refractivity contribution is -0.146. The van der Waals surface area contributed by atoms with E-state index in [1.54, 1.807) is 13.8 Å². The van der Waals surface area contributed by atoms with Crippen LogP contribution in [-0.4, -0.2) is 88.0 Å². The lowest BCUT2D eigenvalue weighted by Gasteiger charge is -2.15. The molecular weight excluding hydrogens is 1220 g/mol. The first-order chi connectivity index (χ1) is 37.9. The molecule has 0 aromatic rings. The number of alkyl halides is 2. The second-order valence-electron chi connectivity index (χ2n) is 22.6. The number of aliphatic hydroxyl groups is 1. The molecular formula is C66H134Br3ClN2O8. The summed E-state index contributed by atoms with van der Waals surface area (Å²) in [6.07, 6.45) is 52.4. The minimum Gasteiger partial charge on any atom is -0.465 e. The third-order valence-corrected chi connectivity index (χ3v) is 15.3. The van der Waals surface area contributed by atoms with E-state index < -0.39 is 0 Å². The monoisotopic (exact) mass is 1350 g/mol. The summed E-state index contributed by atoms with van der Waals surface area (Å²) < 4.78 is 15.6. The maximum atomic E-state index is 11.7. The molecule has 0 amide bonds. The number of carbonyl (C=O) groups excluding carboxylic acids is 4. The third kappa shape index (κ3) is 86.5. The van der Waals surface area contributed by atoms with Crippen LogP contribution in [0.4, 0.5) is 0 Å². The Balaban J connectivity index is -0.000000222. The van der Waals surface area contributed by atoms with E-state index in [0.717, 1.165) is 25.7 Å². The molecule has 4 atom stereocenters. The smallest absolute Gasteiger partial charge is 0.322 e. The summed E-state index contributed by atoms with van der Waals surface area (Å²) in [5.74, 6) is -0.398. The van der Waals surface area contributed by atoms with Crippen LogP contribution >= 0.6 is 60.2 Å². The Kier molecular flexibility index (Phi) is 87.1. The normalized spacial score (nSPS) is 12.2. The summed E-state index contributed by atoms with van der Waals surface area (Å²) in [5, 5.41) is 14.9. The number of carbonyl (C=O) groups is 4. The Morgan fingerprint density at radius 3 is 0.700 bits per heavy atom. The van der Waals surface area contributed by atoms with Crippen molar-refractivity contribution in [3.63, 3.8) is 0 Å². The molecule has 0 aliphatic heterocycles. The summed E-state index contributed by atoms with van der Waals surface area (Å²) in [6, 6.07) is 0.219. The van der Waals surface area contributed by atoms with Gasteiger partial charge in [0.15, 0.2) is 0 Å². The number of aliphatic hydroxyl groups excluding tert-OH is 1. The minimum atomic E-state index is -0.201. The number of unbranched alkanes of at least 4 members (excludes halogenated alkanes) is 36. The highest BCUT2D eigenvalue weighted by atomic mass is 79.9. The maximum Gasteiger partial charge on any atom is 0.322 e. The van der Waals surface area contributed by atoms with Crippen LogP contribution in [0.5, 0.6) is 0 Å². The van der Waals surface area contributed by atoms with Gasteiger partial charge in [-0.15, -0.1) is 12.4 Å². The molecule has 0 aromatic carbocycles. The van der Waals surface area contributed by atoms with Gasteiger partial charge >= 0.3 is 17.9 Å². The zero-order chi connectivity index (χ0) is 60.4. The van der Waals surface area contributed by atoms with Crippen molar-refractivity contribution in [3.8, 4) is 0 Å². The Hall–Kier alpha value is -0.310. The van der Waals surface area contributed by atoms with Crippen LogP contribution in [0, 0.1) is 0 Å². The highest BCUT2D eigenvalue weighted by Crippen LogP contribution is 2.14. The van der Waals surface area contributed by atoms with Crippen molar-refractivity contribution >= 4 is 82.8 Å². The first kappa shape index (κ1) is 90.9. The Morgan fingerprint density at radius 2 is 0.525 bits per heavy atom. The Bertz CT molecular complexity index is 1180. The summed E-state index contributed by atoms with van der Waals surface area (Å²) in [5.41, 5.74) is 0. The lowest BCUT2D eigenvalue weighted by atomic mass is 10.1. The highest BCUT2D eigenvalue weighted by Gasteiger charge is 2.15. The molecule has 0 bridgehead atoms. The zero-order valence-electron chi connectivity index (χ0n) is 54.4. The van der Waals surface area contributed by atoms with Gasteiger partial charge in [0.25, 0.3) is 0 Å². The van der Waals surface area contributed by atoms with Gasteiger partial charge in [-0.1, -0.05) is 318 Å². The van der Waals surface area contributed by atoms with Crippen LogP contribution in [0.1, 0.15) is 340 Å². The number of hydrogen-bond donors (Lipinski definition) is 3. The number of ether oxygens (including phenoxy) is 3. The SMILES string of the molecule is CC(Br)C(=O)Br.CCCCCCCCCCCCO.CCCCCCCCCCCCOC(=O)C(C)Br.CCCCCCCCCCCCOC(=O)C(C)NC(C)C.CCCCCCCCCCCCOC(=O)C(C)NC(C)C.Cl. The fraction of sp³-hybridized carbons (Fsp3) is 0.939. The Labute approximate surface area is 528 Å². The van der Waals surface area contributed by atoms with Gasteiger partial charge in [-0.2, -0.15) is 0 Å². The van der Waals surface area contributed by atoms with Gasteiger partial charge in [-0.05, 0) is 69.3 Å². The molecule has 0 saturated heterocycles. The molecule has 484 valence electrons. The molecule has 14 heteroatoms. The van der Waals surface area contributed by atoms with Gasteiger partial charge in [0, 0.05) is 18.7 Å². The van der Waals surface area contributed by atoms with Gasteiger partial charge in [-0.3, -0.25) is 19.2 Å². The predicted octanol–water partition coefficient (Wildman–Crippen LogP) is 20.9. The summed E-state index contributed by atoms with van der Waals surface area (Å²) in [7, 11) is 0. The topological polar surface area (TPSA) is 140 Å². The van der Waals surface area contributed by atoms with Gasteiger partial charge in [0.2, 0.25) is 4.69 Å². The molecule has 3 N–H and O–H groups in total. The summed E-state index contributed by atoms with van der Waals surface area (Å²) in [4.78, 5) is 44.2. The molecule has 80 heavy (non-hydrogen) atoms. The largest absolute Gasteiger partial charge is 0.465 e. The fourth-order valence-corrected chi connectivity index (χ4v) is 8.52. The quantitative estimate of drug-likeness (QED) is 0.0177. The van der Waals surface area contributed by atoms with Crippen molar-refractivity contribution in [2.45, 2.75) is 374 Å². The molecule has 0 spiro atoms. The molecule has 0 fully saturated rings. The van der Waals surface area contributed by atoms with Gasteiger partial charge in [-0.25, -0.2) is 0 Å². The molecule has 0 saturated carbocycles. The van der Waals surface area contributed by atoms with Crippen LogP contribution in [0.15, 0.2) is 0 Å². The van der Waals surface area contributed by atoms with Gasteiger partial charge in [0.1, 0.15) is 16.9 Å². The third-order valence-electron chi connectivity index (χ3n) is 13.2. The number of esters is 3. The van der Waals surface area contributed by atoms with Crippen molar-refractivity contribution in [2.75, 3.05) is 26.4 Å².